The Morgan fingerprint density at radius 3 is 2.55 bits per heavy atom. The second kappa shape index (κ2) is 7.34. The maximum Gasteiger partial charge on any atom is 0.333 e. The minimum atomic E-state index is -4.14. The SMILES string of the molecule is Cc1ccc2c(c1)C(c1ccc(Cl)cc1)=N[C@@H](COS(N)(=O)=O)c1nnc(C)n1-2. The van der Waals surface area contributed by atoms with Crippen LogP contribution in [0.3, 0.4) is 0 Å². The van der Waals surface area contributed by atoms with E-state index in [4.69, 9.17) is 25.9 Å². The summed E-state index contributed by atoms with van der Waals surface area (Å²) >= 11 is 6.05. The van der Waals surface area contributed by atoms with Crippen LogP contribution < -0.4 is 5.14 Å². The quantitative estimate of drug-likeness (QED) is 0.682. The van der Waals surface area contributed by atoms with E-state index in [0.29, 0.717) is 22.4 Å². The third-order valence-electron chi connectivity index (χ3n) is 4.59. The molecule has 0 saturated carbocycles. The zero-order chi connectivity index (χ0) is 20.8. The maximum atomic E-state index is 11.4. The third-order valence-corrected chi connectivity index (χ3v) is 5.31. The molecule has 0 bridgehead atoms. The molecule has 8 nitrogen and oxygen atoms in total. The number of nitrogens with two attached hydrogens (primary N) is 1. The first kappa shape index (κ1) is 19.7. The second-order valence-electron chi connectivity index (χ2n) is 6.74. The van der Waals surface area contributed by atoms with E-state index in [9.17, 15) is 8.42 Å². The Morgan fingerprint density at radius 2 is 1.86 bits per heavy atom. The number of aromatic nitrogens is 3. The molecular formula is C19H18ClN5O3S. The molecule has 2 heterocycles. The zero-order valence-corrected chi connectivity index (χ0v) is 17.3. The number of aliphatic imine (C=N–C) groups is 1. The first-order chi connectivity index (χ1) is 13.7. The van der Waals surface area contributed by atoms with Gasteiger partial charge in [-0.2, -0.15) is 8.42 Å². The van der Waals surface area contributed by atoms with Gasteiger partial charge in [0.25, 0.3) is 0 Å². The summed E-state index contributed by atoms with van der Waals surface area (Å²) < 4.78 is 29.5. The van der Waals surface area contributed by atoms with Crippen molar-refractivity contribution >= 4 is 27.6 Å². The highest BCUT2D eigenvalue weighted by Crippen LogP contribution is 2.32. The Hall–Kier alpha value is -2.59. The van der Waals surface area contributed by atoms with Crippen LogP contribution in [0.15, 0.2) is 47.5 Å². The van der Waals surface area contributed by atoms with Crippen molar-refractivity contribution in [3.05, 3.63) is 75.8 Å². The van der Waals surface area contributed by atoms with E-state index < -0.39 is 16.3 Å². The molecule has 2 aromatic carbocycles. The van der Waals surface area contributed by atoms with Crippen LogP contribution in [0.5, 0.6) is 0 Å². The Bertz CT molecular complexity index is 1220. The number of hydrogen-bond donors (Lipinski definition) is 1. The maximum absolute atomic E-state index is 11.4. The number of rotatable bonds is 4. The number of aryl methyl sites for hydroxylation is 2. The number of benzene rings is 2. The predicted molar refractivity (Wildman–Crippen MR) is 110 cm³/mol. The number of nitrogens with zero attached hydrogens (tertiary/aromatic N) is 4. The Balaban J connectivity index is 1.96. The van der Waals surface area contributed by atoms with Crippen LogP contribution >= 0.6 is 11.6 Å². The molecule has 0 unspecified atom stereocenters. The first-order valence-corrected chi connectivity index (χ1v) is 10.6. The zero-order valence-electron chi connectivity index (χ0n) is 15.7. The fourth-order valence-electron chi connectivity index (χ4n) is 3.32. The molecule has 0 amide bonds. The van der Waals surface area contributed by atoms with Gasteiger partial charge in [0, 0.05) is 16.1 Å². The molecule has 1 atom stereocenters. The third kappa shape index (κ3) is 3.95. The van der Waals surface area contributed by atoms with Crippen molar-refractivity contribution in [3.63, 3.8) is 0 Å². The molecule has 4 rings (SSSR count). The molecule has 1 aliphatic rings. The smallest absolute Gasteiger partial charge is 0.281 e. The molecule has 1 aromatic heterocycles. The number of fused-ring (bicyclic) bond motifs is 3. The van der Waals surface area contributed by atoms with Gasteiger partial charge in [0.2, 0.25) is 0 Å². The van der Waals surface area contributed by atoms with Crippen molar-refractivity contribution < 1.29 is 12.6 Å². The van der Waals surface area contributed by atoms with Crippen LogP contribution in [0.4, 0.5) is 0 Å². The van der Waals surface area contributed by atoms with E-state index >= 15 is 0 Å². The first-order valence-electron chi connectivity index (χ1n) is 8.77. The van der Waals surface area contributed by atoms with Gasteiger partial charge in [-0.3, -0.25) is 13.7 Å². The predicted octanol–water partition coefficient (Wildman–Crippen LogP) is 2.65. The molecule has 0 aliphatic carbocycles. The lowest BCUT2D eigenvalue weighted by Crippen LogP contribution is -2.20. The molecule has 2 N–H and O–H groups in total. The molecule has 1 aliphatic heterocycles. The van der Waals surface area contributed by atoms with Gasteiger partial charge in [-0.15, -0.1) is 10.2 Å². The monoisotopic (exact) mass is 431 g/mol. The number of hydrogen-bond acceptors (Lipinski definition) is 6. The van der Waals surface area contributed by atoms with Gasteiger partial charge < -0.3 is 0 Å². The minimum Gasteiger partial charge on any atom is -0.281 e. The molecule has 10 heteroatoms. The van der Waals surface area contributed by atoms with Crippen LogP contribution in [0.2, 0.25) is 5.02 Å². The van der Waals surface area contributed by atoms with E-state index in [2.05, 4.69) is 10.2 Å². The van der Waals surface area contributed by atoms with Gasteiger partial charge in [0.1, 0.15) is 11.9 Å². The van der Waals surface area contributed by atoms with Gasteiger partial charge in [0.15, 0.2) is 5.82 Å². The average Bonchev–Trinajstić information content (AvgIpc) is 2.97. The van der Waals surface area contributed by atoms with Gasteiger partial charge in [-0.1, -0.05) is 35.4 Å². The molecule has 150 valence electrons. The average molecular weight is 432 g/mol. The summed E-state index contributed by atoms with van der Waals surface area (Å²) in [5, 5.41) is 14.0. The summed E-state index contributed by atoms with van der Waals surface area (Å²) in [6, 6.07) is 12.5. The topological polar surface area (TPSA) is 112 Å². The molecule has 3 aromatic rings. The van der Waals surface area contributed by atoms with Crippen LogP contribution in [0, 0.1) is 13.8 Å². The standard InChI is InChI=1S/C19H18ClN5O3S/c1-11-3-8-17-15(9-11)18(13-4-6-14(20)7-5-13)22-16(10-28-29(21,26)27)19-24-23-12(2)25(17)19/h3-9,16H,10H2,1-2H3,(H2,21,26,27)/t16-/m0/s1. The normalized spacial score (nSPS) is 16.0. The van der Waals surface area contributed by atoms with Crippen LogP contribution in [0.25, 0.3) is 5.69 Å². The van der Waals surface area contributed by atoms with Crippen molar-refractivity contribution in [3.8, 4) is 5.69 Å². The highest BCUT2D eigenvalue weighted by Gasteiger charge is 2.29. The summed E-state index contributed by atoms with van der Waals surface area (Å²) in [5.74, 6) is 1.12. The molecule has 0 radical (unpaired) electrons. The molecule has 0 fully saturated rings. The lowest BCUT2D eigenvalue weighted by molar-refractivity contribution is 0.290. The van der Waals surface area contributed by atoms with Gasteiger partial charge in [-0.05, 0) is 38.1 Å². The van der Waals surface area contributed by atoms with E-state index in [1.54, 1.807) is 12.1 Å². The summed E-state index contributed by atoms with van der Waals surface area (Å²) in [6.45, 7) is 3.53. The molecular weight excluding hydrogens is 414 g/mol. The van der Waals surface area contributed by atoms with Gasteiger partial charge >= 0.3 is 10.3 Å². The largest absolute Gasteiger partial charge is 0.333 e. The van der Waals surface area contributed by atoms with E-state index in [0.717, 1.165) is 22.4 Å². The van der Waals surface area contributed by atoms with Crippen LogP contribution in [0.1, 0.15) is 34.4 Å². The summed E-state index contributed by atoms with van der Waals surface area (Å²) in [7, 11) is -4.14. The van der Waals surface area contributed by atoms with Gasteiger partial charge in [0.05, 0.1) is 18.0 Å². The lowest BCUT2D eigenvalue weighted by Gasteiger charge is -2.13. The highest BCUT2D eigenvalue weighted by molar-refractivity contribution is 7.84. The fourth-order valence-corrected chi connectivity index (χ4v) is 3.76. The summed E-state index contributed by atoms with van der Waals surface area (Å²) in [5.41, 5.74) is 4.28. The van der Waals surface area contributed by atoms with Crippen LogP contribution in [-0.4, -0.2) is 35.5 Å². The van der Waals surface area contributed by atoms with E-state index in [1.165, 1.54) is 0 Å². The fraction of sp³-hybridized carbons (Fsp3) is 0.211. The summed E-state index contributed by atoms with van der Waals surface area (Å²) in [4.78, 5) is 4.82. The van der Waals surface area contributed by atoms with Gasteiger partial charge in [-0.25, -0.2) is 5.14 Å². The van der Waals surface area contributed by atoms with Crippen LogP contribution in [-0.2, 0) is 14.5 Å². The van der Waals surface area contributed by atoms with Crippen molar-refractivity contribution in [2.24, 2.45) is 10.1 Å². The number of halogens is 1. The van der Waals surface area contributed by atoms with Crippen molar-refractivity contribution in [1.29, 1.82) is 0 Å². The molecule has 0 spiro atoms. The van der Waals surface area contributed by atoms with E-state index in [1.807, 2.05) is 48.7 Å². The Kier molecular flexibility index (Phi) is 4.99. The van der Waals surface area contributed by atoms with Crippen molar-refractivity contribution in [2.45, 2.75) is 19.9 Å². The van der Waals surface area contributed by atoms with Crippen molar-refractivity contribution in [1.82, 2.24) is 14.8 Å². The van der Waals surface area contributed by atoms with E-state index in [-0.39, 0.29) is 6.61 Å². The van der Waals surface area contributed by atoms with Crippen molar-refractivity contribution in [2.75, 3.05) is 6.61 Å². The second-order valence-corrected chi connectivity index (χ2v) is 8.40. The highest BCUT2D eigenvalue weighted by atomic mass is 35.5. The summed E-state index contributed by atoms with van der Waals surface area (Å²) in [6.07, 6.45) is 0. The Morgan fingerprint density at radius 1 is 1.14 bits per heavy atom. The molecule has 0 saturated heterocycles. The molecule has 29 heavy (non-hydrogen) atoms. The minimum absolute atomic E-state index is 0.291. The lowest BCUT2D eigenvalue weighted by atomic mass is 9.98. The Labute approximate surface area is 173 Å².